The molecule has 0 aliphatic heterocycles. The molecular weight excluding hydrogens is 218 g/mol. The van der Waals surface area contributed by atoms with Crippen LogP contribution in [-0.4, -0.2) is 17.5 Å². The molecule has 0 amide bonds. The average molecular weight is 232 g/mol. The first kappa shape index (κ1) is 10.4. The molecule has 0 atom stereocenters. The smallest absolute Gasteiger partial charge is 0.193 e. The highest BCUT2D eigenvalue weighted by molar-refractivity contribution is 8.00. The first-order chi connectivity index (χ1) is 6.74. The third-order valence-corrected chi connectivity index (χ3v) is 4.24. The van der Waals surface area contributed by atoms with Crippen LogP contribution < -0.4 is 5.32 Å². The van der Waals surface area contributed by atoms with Crippen LogP contribution in [0.2, 0.25) is 5.22 Å². The van der Waals surface area contributed by atoms with Gasteiger partial charge in [0.1, 0.15) is 5.76 Å². The summed E-state index contributed by atoms with van der Waals surface area (Å²) in [4.78, 5) is 0. The van der Waals surface area contributed by atoms with E-state index < -0.39 is 0 Å². The van der Waals surface area contributed by atoms with Crippen molar-refractivity contribution in [3.05, 3.63) is 23.1 Å². The van der Waals surface area contributed by atoms with Crippen LogP contribution in [0.5, 0.6) is 0 Å². The van der Waals surface area contributed by atoms with E-state index in [0.29, 0.717) is 9.97 Å². The van der Waals surface area contributed by atoms with Crippen molar-refractivity contribution in [3.63, 3.8) is 0 Å². The molecule has 0 saturated heterocycles. The van der Waals surface area contributed by atoms with Crippen LogP contribution in [0, 0.1) is 0 Å². The predicted octanol–water partition coefficient (Wildman–Crippen LogP) is 2.92. The molecule has 1 saturated carbocycles. The second kappa shape index (κ2) is 4.17. The first-order valence-corrected chi connectivity index (χ1v) is 6.34. The Balaban J connectivity index is 1.73. The van der Waals surface area contributed by atoms with E-state index in [4.69, 9.17) is 16.0 Å². The zero-order valence-electron chi connectivity index (χ0n) is 8.18. The highest BCUT2D eigenvalue weighted by atomic mass is 35.5. The van der Waals surface area contributed by atoms with Crippen molar-refractivity contribution >= 4 is 23.4 Å². The zero-order valence-corrected chi connectivity index (χ0v) is 9.75. The molecule has 1 fully saturated rings. The summed E-state index contributed by atoms with van der Waals surface area (Å²) in [6.45, 7) is 1.83. The Morgan fingerprint density at radius 1 is 1.57 bits per heavy atom. The highest BCUT2D eigenvalue weighted by Gasteiger charge is 2.41. The highest BCUT2D eigenvalue weighted by Crippen LogP contribution is 2.46. The van der Waals surface area contributed by atoms with E-state index in [0.717, 1.165) is 18.8 Å². The standard InChI is InChI=1S/C10H14ClNOS/c1-14-10(4-5-10)7-12-6-8-2-3-9(11)13-8/h2-3,12H,4-7H2,1H3. The summed E-state index contributed by atoms with van der Waals surface area (Å²) in [5.41, 5.74) is 0. The van der Waals surface area contributed by atoms with Crippen LogP contribution in [0.3, 0.4) is 0 Å². The number of thioether (sulfide) groups is 1. The summed E-state index contributed by atoms with van der Waals surface area (Å²) in [6, 6.07) is 3.69. The van der Waals surface area contributed by atoms with E-state index in [2.05, 4.69) is 11.6 Å². The van der Waals surface area contributed by atoms with Gasteiger partial charge in [-0.15, -0.1) is 0 Å². The van der Waals surface area contributed by atoms with Crippen molar-refractivity contribution in [2.75, 3.05) is 12.8 Å². The van der Waals surface area contributed by atoms with Gasteiger partial charge in [-0.1, -0.05) is 0 Å². The van der Waals surface area contributed by atoms with Gasteiger partial charge < -0.3 is 9.73 Å². The Hall–Kier alpha value is -0.120. The number of halogens is 1. The molecule has 1 aromatic rings. The fraction of sp³-hybridized carbons (Fsp3) is 0.600. The van der Waals surface area contributed by atoms with Crippen LogP contribution >= 0.6 is 23.4 Å². The monoisotopic (exact) mass is 231 g/mol. The third-order valence-electron chi connectivity index (χ3n) is 2.62. The van der Waals surface area contributed by atoms with Gasteiger partial charge in [-0.25, -0.2) is 0 Å². The topological polar surface area (TPSA) is 25.2 Å². The molecule has 2 nitrogen and oxygen atoms in total. The molecule has 0 radical (unpaired) electrons. The fourth-order valence-corrected chi connectivity index (χ4v) is 2.37. The summed E-state index contributed by atoms with van der Waals surface area (Å²) >= 11 is 7.63. The molecule has 0 aromatic carbocycles. The van der Waals surface area contributed by atoms with E-state index in [9.17, 15) is 0 Å². The molecule has 0 bridgehead atoms. The minimum atomic E-state index is 0.466. The molecular formula is C10H14ClNOS. The molecule has 1 N–H and O–H groups in total. The number of rotatable bonds is 5. The normalized spacial score (nSPS) is 18.4. The lowest BCUT2D eigenvalue weighted by Gasteiger charge is -2.11. The molecule has 78 valence electrons. The molecule has 2 rings (SSSR count). The van der Waals surface area contributed by atoms with Crippen LogP contribution in [0.25, 0.3) is 0 Å². The minimum absolute atomic E-state index is 0.466. The summed E-state index contributed by atoms with van der Waals surface area (Å²) < 4.78 is 5.76. The third kappa shape index (κ3) is 2.47. The lowest BCUT2D eigenvalue weighted by Crippen LogP contribution is -2.25. The Morgan fingerprint density at radius 3 is 2.86 bits per heavy atom. The van der Waals surface area contributed by atoms with E-state index >= 15 is 0 Å². The van der Waals surface area contributed by atoms with E-state index in [1.807, 2.05) is 17.8 Å². The molecule has 1 aliphatic rings. The first-order valence-electron chi connectivity index (χ1n) is 4.74. The van der Waals surface area contributed by atoms with Gasteiger partial charge in [0.25, 0.3) is 0 Å². The van der Waals surface area contributed by atoms with Gasteiger partial charge in [-0.05, 0) is 42.8 Å². The van der Waals surface area contributed by atoms with Gasteiger partial charge in [0.2, 0.25) is 0 Å². The van der Waals surface area contributed by atoms with Crippen LogP contribution in [-0.2, 0) is 6.54 Å². The summed E-state index contributed by atoms with van der Waals surface area (Å²) in [7, 11) is 0. The Bertz CT molecular complexity index is 309. The Labute approximate surface area is 93.4 Å². The van der Waals surface area contributed by atoms with Crippen molar-refractivity contribution in [3.8, 4) is 0 Å². The largest absolute Gasteiger partial charge is 0.448 e. The quantitative estimate of drug-likeness (QED) is 0.844. The van der Waals surface area contributed by atoms with E-state index in [-0.39, 0.29) is 0 Å². The van der Waals surface area contributed by atoms with Crippen molar-refractivity contribution in [1.82, 2.24) is 5.32 Å². The molecule has 1 heterocycles. The van der Waals surface area contributed by atoms with Gasteiger partial charge in [0.05, 0.1) is 6.54 Å². The molecule has 0 spiro atoms. The van der Waals surface area contributed by atoms with E-state index in [1.54, 1.807) is 6.07 Å². The maximum absolute atomic E-state index is 5.67. The van der Waals surface area contributed by atoms with Gasteiger partial charge >= 0.3 is 0 Å². The summed E-state index contributed by atoms with van der Waals surface area (Å²) in [5, 5.41) is 3.86. The Morgan fingerprint density at radius 2 is 2.36 bits per heavy atom. The zero-order chi connectivity index (χ0) is 10.0. The number of furan rings is 1. The van der Waals surface area contributed by atoms with Crippen LogP contribution in [0.4, 0.5) is 0 Å². The molecule has 0 unspecified atom stereocenters. The fourth-order valence-electron chi connectivity index (χ4n) is 1.45. The number of hydrogen-bond donors (Lipinski definition) is 1. The SMILES string of the molecule is CSC1(CNCc2ccc(Cl)o2)CC1. The molecule has 1 aliphatic carbocycles. The number of nitrogens with one attached hydrogen (secondary N) is 1. The van der Waals surface area contributed by atoms with Crippen molar-refractivity contribution < 1.29 is 4.42 Å². The lowest BCUT2D eigenvalue weighted by atomic mass is 10.4. The van der Waals surface area contributed by atoms with Gasteiger partial charge in [-0.3, -0.25) is 0 Å². The average Bonchev–Trinajstić information content (AvgIpc) is 2.84. The van der Waals surface area contributed by atoms with Gasteiger partial charge in [-0.2, -0.15) is 11.8 Å². The number of hydrogen-bond acceptors (Lipinski definition) is 3. The van der Waals surface area contributed by atoms with Crippen LogP contribution in [0.1, 0.15) is 18.6 Å². The lowest BCUT2D eigenvalue weighted by molar-refractivity contribution is 0.483. The molecule has 1 aromatic heterocycles. The molecule has 14 heavy (non-hydrogen) atoms. The minimum Gasteiger partial charge on any atom is -0.448 e. The second-order valence-electron chi connectivity index (χ2n) is 3.70. The van der Waals surface area contributed by atoms with Gasteiger partial charge in [0.15, 0.2) is 5.22 Å². The van der Waals surface area contributed by atoms with Crippen molar-refractivity contribution in [2.24, 2.45) is 0 Å². The van der Waals surface area contributed by atoms with E-state index in [1.165, 1.54) is 12.8 Å². The Kier molecular flexibility index (Phi) is 3.10. The summed E-state index contributed by atoms with van der Waals surface area (Å²) in [6.07, 6.45) is 4.85. The van der Waals surface area contributed by atoms with Crippen molar-refractivity contribution in [1.29, 1.82) is 0 Å². The van der Waals surface area contributed by atoms with Crippen LogP contribution in [0.15, 0.2) is 16.5 Å². The maximum atomic E-state index is 5.67. The maximum Gasteiger partial charge on any atom is 0.193 e. The predicted molar refractivity (Wildman–Crippen MR) is 60.9 cm³/mol. The summed E-state index contributed by atoms with van der Waals surface area (Å²) in [5.74, 6) is 0.909. The molecule has 4 heteroatoms. The van der Waals surface area contributed by atoms with Gasteiger partial charge in [0, 0.05) is 11.3 Å². The van der Waals surface area contributed by atoms with Crippen molar-refractivity contribution in [2.45, 2.75) is 24.1 Å². The second-order valence-corrected chi connectivity index (χ2v) is 5.34.